The number of rotatable bonds is 3. The third-order valence-corrected chi connectivity index (χ3v) is 2.75. The van der Waals surface area contributed by atoms with Gasteiger partial charge in [-0.3, -0.25) is 10.1 Å². The van der Waals surface area contributed by atoms with Crippen molar-refractivity contribution >= 4 is 18.0 Å². The molecule has 1 aliphatic rings. The van der Waals surface area contributed by atoms with E-state index in [9.17, 15) is 4.79 Å². The van der Waals surface area contributed by atoms with Gasteiger partial charge in [-0.25, -0.2) is 0 Å². The first-order valence-corrected chi connectivity index (χ1v) is 6.40. The van der Waals surface area contributed by atoms with E-state index in [1.807, 2.05) is 18.2 Å². The summed E-state index contributed by atoms with van der Waals surface area (Å²) in [4.78, 5) is 15.6. The number of aromatic nitrogens is 2. The highest BCUT2D eigenvalue weighted by molar-refractivity contribution is 6.00. The fourth-order valence-electron chi connectivity index (χ4n) is 1.83. The van der Waals surface area contributed by atoms with Crippen LogP contribution in [0.15, 0.2) is 28.8 Å². The van der Waals surface area contributed by atoms with Crippen molar-refractivity contribution in [2.45, 2.75) is 6.92 Å². The first-order valence-electron chi connectivity index (χ1n) is 6.40. The Balaban J connectivity index is 1.66. The molecule has 0 saturated heterocycles. The van der Waals surface area contributed by atoms with Gasteiger partial charge in [0.1, 0.15) is 13.2 Å². The molecule has 0 spiro atoms. The van der Waals surface area contributed by atoms with E-state index in [0.29, 0.717) is 30.5 Å². The molecule has 1 N–H and O–H groups in total. The minimum absolute atomic E-state index is 0.0734. The van der Waals surface area contributed by atoms with Gasteiger partial charge >= 0.3 is 6.01 Å². The topological polar surface area (TPSA) is 86.5 Å². The van der Waals surface area contributed by atoms with E-state index in [1.54, 1.807) is 13.0 Å². The van der Waals surface area contributed by atoms with Crippen molar-refractivity contribution in [2.75, 3.05) is 18.5 Å². The maximum atomic E-state index is 11.7. The van der Waals surface area contributed by atoms with Crippen LogP contribution in [0.4, 0.5) is 6.01 Å². The van der Waals surface area contributed by atoms with E-state index in [1.165, 1.54) is 6.08 Å². The molecule has 7 heteroatoms. The zero-order valence-electron chi connectivity index (χ0n) is 11.3. The van der Waals surface area contributed by atoms with Crippen molar-refractivity contribution in [3.63, 3.8) is 0 Å². The Kier molecular flexibility index (Phi) is 3.55. The molecule has 0 unspecified atom stereocenters. The number of hydrogen-bond acceptors (Lipinski definition) is 6. The van der Waals surface area contributed by atoms with Crippen LogP contribution >= 0.6 is 0 Å². The van der Waals surface area contributed by atoms with Crippen LogP contribution < -0.4 is 14.8 Å². The fraction of sp³-hybridized carbons (Fsp3) is 0.214. The summed E-state index contributed by atoms with van der Waals surface area (Å²) >= 11 is 0. The minimum atomic E-state index is -0.353. The number of benzene rings is 1. The van der Waals surface area contributed by atoms with Crippen LogP contribution in [0.3, 0.4) is 0 Å². The number of anilines is 1. The summed E-state index contributed by atoms with van der Waals surface area (Å²) in [5.74, 6) is 1.50. The molecule has 7 nitrogen and oxygen atoms in total. The molecule has 0 atom stereocenters. The first kappa shape index (κ1) is 13.2. The summed E-state index contributed by atoms with van der Waals surface area (Å²) in [6.45, 7) is 2.75. The van der Waals surface area contributed by atoms with Crippen molar-refractivity contribution in [3.8, 4) is 11.5 Å². The lowest BCUT2D eigenvalue weighted by molar-refractivity contribution is -0.112. The number of nitrogens with zero attached hydrogens (tertiary/aromatic N) is 2. The van der Waals surface area contributed by atoms with Crippen molar-refractivity contribution in [1.82, 2.24) is 10.1 Å². The second kappa shape index (κ2) is 5.66. The van der Waals surface area contributed by atoms with Crippen LogP contribution in [0, 0.1) is 6.92 Å². The van der Waals surface area contributed by atoms with E-state index in [0.717, 1.165) is 5.56 Å². The maximum Gasteiger partial charge on any atom is 0.328 e. The van der Waals surface area contributed by atoms with Gasteiger partial charge in [-0.15, -0.1) is 0 Å². The molecule has 2 heterocycles. The summed E-state index contributed by atoms with van der Waals surface area (Å²) in [7, 11) is 0. The molecular formula is C14H13N3O4. The van der Waals surface area contributed by atoms with Gasteiger partial charge in [-0.2, -0.15) is 4.98 Å². The molecule has 0 saturated carbocycles. The van der Waals surface area contributed by atoms with Gasteiger partial charge in [0.25, 0.3) is 5.91 Å². The summed E-state index contributed by atoms with van der Waals surface area (Å²) in [6, 6.07) is 5.54. The second-order valence-electron chi connectivity index (χ2n) is 4.37. The predicted octanol–water partition coefficient (Wildman–Crippen LogP) is 1.80. The molecule has 1 amide bonds. The molecule has 0 radical (unpaired) electrons. The van der Waals surface area contributed by atoms with Crippen molar-refractivity contribution in [3.05, 3.63) is 35.7 Å². The Bertz CT molecular complexity index is 693. The van der Waals surface area contributed by atoms with Crippen LogP contribution in [0.1, 0.15) is 11.4 Å². The average Bonchev–Trinajstić information content (AvgIpc) is 2.90. The quantitative estimate of drug-likeness (QED) is 0.866. The monoisotopic (exact) mass is 287 g/mol. The van der Waals surface area contributed by atoms with Crippen molar-refractivity contribution < 1.29 is 18.8 Å². The van der Waals surface area contributed by atoms with Crippen LogP contribution in [0.25, 0.3) is 6.08 Å². The van der Waals surface area contributed by atoms with Crippen LogP contribution in [-0.2, 0) is 4.79 Å². The Morgan fingerprint density at radius 2 is 2.10 bits per heavy atom. The number of fused-ring (bicyclic) bond motifs is 1. The van der Waals surface area contributed by atoms with Gasteiger partial charge in [-0.05, 0) is 30.7 Å². The standard InChI is InChI=1S/C14H13N3O4/c1-9-15-14(21-17-9)16-13(18)5-3-10-2-4-11-12(8-10)20-7-6-19-11/h2-5,8H,6-7H2,1H3,(H,15,16,17,18)/b5-3+. The van der Waals surface area contributed by atoms with Gasteiger partial charge in [0.05, 0.1) is 0 Å². The Labute approximate surface area is 120 Å². The van der Waals surface area contributed by atoms with Gasteiger partial charge in [0.2, 0.25) is 0 Å². The van der Waals surface area contributed by atoms with E-state index in [4.69, 9.17) is 14.0 Å². The highest BCUT2D eigenvalue weighted by Gasteiger charge is 2.11. The molecule has 3 rings (SSSR count). The van der Waals surface area contributed by atoms with E-state index in [2.05, 4.69) is 15.5 Å². The molecule has 2 aromatic rings. The zero-order chi connectivity index (χ0) is 14.7. The van der Waals surface area contributed by atoms with Crippen molar-refractivity contribution in [2.24, 2.45) is 0 Å². The van der Waals surface area contributed by atoms with Gasteiger partial charge in [0.15, 0.2) is 17.3 Å². The molecule has 1 aliphatic heterocycles. The van der Waals surface area contributed by atoms with Crippen LogP contribution in [-0.4, -0.2) is 29.3 Å². The van der Waals surface area contributed by atoms with Crippen LogP contribution in [0.2, 0.25) is 0 Å². The van der Waals surface area contributed by atoms with Crippen LogP contribution in [0.5, 0.6) is 11.5 Å². The Morgan fingerprint density at radius 1 is 1.29 bits per heavy atom. The number of amides is 1. The number of carbonyl (C=O) groups excluding carboxylic acids is 1. The Morgan fingerprint density at radius 3 is 2.86 bits per heavy atom. The molecule has 21 heavy (non-hydrogen) atoms. The normalized spacial score (nSPS) is 13.4. The molecular weight excluding hydrogens is 274 g/mol. The lowest BCUT2D eigenvalue weighted by Crippen LogP contribution is -2.15. The predicted molar refractivity (Wildman–Crippen MR) is 74.1 cm³/mol. The number of carbonyl (C=O) groups is 1. The maximum absolute atomic E-state index is 11.7. The summed E-state index contributed by atoms with van der Waals surface area (Å²) < 4.78 is 15.7. The number of nitrogens with one attached hydrogen (secondary N) is 1. The zero-order valence-corrected chi connectivity index (χ0v) is 11.3. The minimum Gasteiger partial charge on any atom is -0.486 e. The third kappa shape index (κ3) is 3.19. The highest BCUT2D eigenvalue weighted by atomic mass is 16.6. The van der Waals surface area contributed by atoms with Gasteiger partial charge < -0.3 is 14.0 Å². The smallest absolute Gasteiger partial charge is 0.328 e. The van der Waals surface area contributed by atoms with Gasteiger partial charge in [-0.1, -0.05) is 11.2 Å². The lowest BCUT2D eigenvalue weighted by atomic mass is 10.2. The molecule has 108 valence electrons. The number of aryl methyl sites for hydroxylation is 1. The largest absolute Gasteiger partial charge is 0.486 e. The van der Waals surface area contributed by atoms with E-state index in [-0.39, 0.29) is 11.9 Å². The lowest BCUT2D eigenvalue weighted by Gasteiger charge is -2.18. The first-order chi connectivity index (χ1) is 10.2. The number of hydrogen-bond donors (Lipinski definition) is 1. The molecule has 1 aromatic heterocycles. The SMILES string of the molecule is Cc1noc(NC(=O)/C=C/c2ccc3c(c2)OCCO3)n1. The summed E-state index contributed by atoms with van der Waals surface area (Å²) in [5, 5.41) is 6.05. The van der Waals surface area contributed by atoms with Crippen molar-refractivity contribution in [1.29, 1.82) is 0 Å². The molecule has 0 aliphatic carbocycles. The van der Waals surface area contributed by atoms with E-state index >= 15 is 0 Å². The van der Waals surface area contributed by atoms with Gasteiger partial charge in [0, 0.05) is 6.08 Å². The average molecular weight is 287 g/mol. The fourth-order valence-corrected chi connectivity index (χ4v) is 1.83. The molecule has 0 bridgehead atoms. The summed E-state index contributed by atoms with van der Waals surface area (Å²) in [5.41, 5.74) is 0.830. The highest BCUT2D eigenvalue weighted by Crippen LogP contribution is 2.31. The molecule has 1 aromatic carbocycles. The third-order valence-electron chi connectivity index (χ3n) is 2.75. The Hall–Kier alpha value is -2.83. The number of ether oxygens (including phenoxy) is 2. The van der Waals surface area contributed by atoms with E-state index < -0.39 is 0 Å². The summed E-state index contributed by atoms with van der Waals surface area (Å²) in [6.07, 6.45) is 3.04. The molecule has 0 fully saturated rings. The second-order valence-corrected chi connectivity index (χ2v) is 4.37.